The van der Waals surface area contributed by atoms with Crippen LogP contribution in [0.25, 0.3) is 0 Å². The van der Waals surface area contributed by atoms with E-state index in [0.717, 1.165) is 0 Å². The van der Waals surface area contributed by atoms with E-state index < -0.39 is 0 Å². The smallest absolute Gasteiger partial charge is 1.00 e. The molecular formula is H14O4SiSrTi. The summed E-state index contributed by atoms with van der Waals surface area (Å²) in [4.78, 5) is 0. The van der Waals surface area contributed by atoms with Gasteiger partial charge in [-0.2, -0.15) is 0 Å². The van der Waals surface area contributed by atoms with Gasteiger partial charge in [-0.1, -0.05) is 0 Å². The molecule has 0 saturated heterocycles. The summed E-state index contributed by atoms with van der Waals surface area (Å²) in [6, 6.07) is 0. The molecule has 0 atom stereocenters. The second-order valence-electron chi connectivity index (χ2n) is 0. The van der Waals surface area contributed by atoms with Gasteiger partial charge in [0, 0.05) is 21.7 Å². The van der Waals surface area contributed by atoms with E-state index in [1.807, 2.05) is 0 Å². The summed E-state index contributed by atoms with van der Waals surface area (Å²) in [7, 11) is 0. The Labute approximate surface area is 101 Å². The van der Waals surface area contributed by atoms with Crippen LogP contribution in [0.2, 0.25) is 0 Å². The Kier molecular flexibility index (Phi) is 1520. The van der Waals surface area contributed by atoms with Crippen LogP contribution in [0.4, 0.5) is 0 Å². The van der Waals surface area contributed by atoms with Gasteiger partial charge in [0.25, 0.3) is 0 Å². The van der Waals surface area contributed by atoms with Crippen molar-refractivity contribution in [3.05, 3.63) is 0 Å². The van der Waals surface area contributed by atoms with Gasteiger partial charge in [0.1, 0.15) is 0 Å². The van der Waals surface area contributed by atoms with E-state index in [0.29, 0.717) is 0 Å². The molecule has 0 aliphatic carbocycles. The van der Waals surface area contributed by atoms with Crippen LogP contribution in [0.3, 0.4) is 0 Å². The van der Waals surface area contributed by atoms with Crippen molar-refractivity contribution in [2.45, 2.75) is 0 Å². The average Bonchev–Trinajstić information content (AvgIpc) is 0. The van der Waals surface area contributed by atoms with Crippen LogP contribution in [0.1, 0.15) is 2.85 Å². The predicted octanol–water partition coefficient (Wildman–Crippen LogP) is -4.91. The Balaban J connectivity index is 0. The molecule has 0 radical (unpaired) electrons. The fourth-order valence-electron chi connectivity index (χ4n) is 0. The fraction of sp³-hybridized carbons (Fsp3) is 0. The zero-order valence-electron chi connectivity index (χ0n) is 5.21. The number of hydrogen-bond acceptors (Lipinski definition) is 0. The summed E-state index contributed by atoms with van der Waals surface area (Å²) < 4.78 is 0. The molecule has 0 aromatic rings. The van der Waals surface area contributed by atoms with E-state index in [1.165, 1.54) is 0 Å². The van der Waals surface area contributed by atoms with E-state index in [-0.39, 0.29) is 103 Å². The standard InChI is InChI=1S/4H2O.H4Si.Sr.Ti.2H/h4*1H2;1H4;;;;/q;;;;;+2;;2*-1. The fourth-order valence-corrected chi connectivity index (χ4v) is 0. The number of rotatable bonds is 0. The van der Waals surface area contributed by atoms with Gasteiger partial charge in [-0.15, -0.1) is 0 Å². The van der Waals surface area contributed by atoms with E-state index >= 15 is 0 Å². The third-order valence-corrected chi connectivity index (χ3v) is 0. The van der Waals surface area contributed by atoms with Crippen molar-refractivity contribution in [2.75, 3.05) is 0 Å². The zero-order valence-corrected chi connectivity index (χ0v) is 8.24. The Bertz CT molecular complexity index is 18.5. The van der Waals surface area contributed by atoms with Crippen LogP contribution in [0.15, 0.2) is 0 Å². The van der Waals surface area contributed by atoms with E-state index in [2.05, 4.69) is 0 Å². The molecule has 0 saturated carbocycles. The Morgan fingerprint density at radius 1 is 0.714 bits per heavy atom. The van der Waals surface area contributed by atoms with Crippen LogP contribution in [0, 0.1) is 0 Å². The molecule has 0 amide bonds. The molecule has 0 bridgehead atoms. The molecule has 4 nitrogen and oxygen atoms in total. The van der Waals surface area contributed by atoms with Gasteiger partial charge in [-0.3, -0.25) is 0 Å². The molecule has 0 unspecified atom stereocenters. The quantitative estimate of drug-likeness (QED) is 0.377. The van der Waals surface area contributed by atoms with Gasteiger partial charge in [0.05, 0.1) is 0 Å². The van der Waals surface area contributed by atoms with Crippen molar-refractivity contribution in [1.82, 2.24) is 0 Å². The third kappa shape index (κ3) is 63.6. The predicted molar refractivity (Wildman–Crippen MR) is 33.8 cm³/mol. The van der Waals surface area contributed by atoms with Gasteiger partial charge >= 0.3 is 45.5 Å². The second kappa shape index (κ2) is 85.6. The largest absolute Gasteiger partial charge is 2.00 e. The van der Waals surface area contributed by atoms with Gasteiger partial charge in [0.15, 0.2) is 0 Å². The Morgan fingerprint density at radius 2 is 0.714 bits per heavy atom. The maximum Gasteiger partial charge on any atom is 2.00 e. The molecule has 7 heavy (non-hydrogen) atoms. The first-order valence-electron chi connectivity index (χ1n) is 0. The molecule has 0 rings (SSSR count). The molecule has 0 spiro atoms. The van der Waals surface area contributed by atoms with Crippen molar-refractivity contribution in [1.29, 1.82) is 0 Å². The van der Waals surface area contributed by atoms with Gasteiger partial charge < -0.3 is 24.8 Å². The summed E-state index contributed by atoms with van der Waals surface area (Å²) in [5, 5.41) is 0. The molecule has 0 aromatic heterocycles. The summed E-state index contributed by atoms with van der Waals surface area (Å²) >= 11 is 0. The van der Waals surface area contributed by atoms with E-state index in [9.17, 15) is 0 Å². The minimum Gasteiger partial charge on any atom is -1.00 e. The first-order valence-corrected chi connectivity index (χ1v) is 0. The minimum absolute atomic E-state index is 0. The van der Waals surface area contributed by atoms with Gasteiger partial charge in [-0.25, -0.2) is 0 Å². The molecule has 0 fully saturated rings. The van der Waals surface area contributed by atoms with E-state index in [1.54, 1.807) is 0 Å². The Hall–Kier alpha value is 2.25. The molecule has 0 aromatic carbocycles. The molecule has 7 heteroatoms. The molecule has 0 heterocycles. The van der Waals surface area contributed by atoms with Gasteiger partial charge in [-0.05, 0) is 11.0 Å². The summed E-state index contributed by atoms with van der Waals surface area (Å²) in [6.07, 6.45) is 0. The first kappa shape index (κ1) is 124. The average molecular weight is 242 g/mol. The summed E-state index contributed by atoms with van der Waals surface area (Å²) in [5.41, 5.74) is 0. The molecule has 0 aliphatic heterocycles. The van der Waals surface area contributed by atoms with Crippen molar-refractivity contribution >= 4 is 56.4 Å². The zero-order chi connectivity index (χ0) is 0. The van der Waals surface area contributed by atoms with Crippen molar-refractivity contribution in [3.63, 3.8) is 0 Å². The van der Waals surface area contributed by atoms with Crippen molar-refractivity contribution in [3.8, 4) is 0 Å². The monoisotopic (exact) mass is 242 g/mol. The Morgan fingerprint density at radius 3 is 0.714 bits per heavy atom. The summed E-state index contributed by atoms with van der Waals surface area (Å²) in [6.45, 7) is 0. The van der Waals surface area contributed by atoms with Crippen LogP contribution in [-0.4, -0.2) is 78.4 Å². The molecular weight excluding hydrogens is 228 g/mol. The van der Waals surface area contributed by atoms with E-state index in [4.69, 9.17) is 0 Å². The normalized spacial score (nSPS) is 0. The topological polar surface area (TPSA) is 126 Å². The van der Waals surface area contributed by atoms with Crippen LogP contribution in [0.5, 0.6) is 0 Å². The van der Waals surface area contributed by atoms with Crippen LogP contribution < -0.4 is 0 Å². The van der Waals surface area contributed by atoms with Crippen molar-refractivity contribution < 1.29 is 46.5 Å². The summed E-state index contributed by atoms with van der Waals surface area (Å²) in [5.74, 6) is 0. The molecule has 0 aliphatic rings. The third-order valence-electron chi connectivity index (χ3n) is 0. The van der Waals surface area contributed by atoms with Gasteiger partial charge in [0.2, 0.25) is 0 Å². The van der Waals surface area contributed by atoms with Crippen molar-refractivity contribution in [2.24, 2.45) is 0 Å². The van der Waals surface area contributed by atoms with Crippen LogP contribution >= 0.6 is 0 Å². The minimum atomic E-state index is 0. The molecule has 8 N–H and O–H groups in total. The number of hydrogen-bond donors (Lipinski definition) is 0. The first-order chi connectivity index (χ1) is 0. The second-order valence-corrected chi connectivity index (χ2v) is 0. The maximum absolute atomic E-state index is 0. The van der Waals surface area contributed by atoms with Crippen LogP contribution in [-0.2, 0) is 21.7 Å². The molecule has 48 valence electrons. The maximum atomic E-state index is 0. The SMILES string of the molecule is O.O.O.O.[H-].[H-].[SiH4].[Sr+2].[Ti].